The van der Waals surface area contributed by atoms with Crippen LogP contribution >= 0.6 is 0 Å². The monoisotopic (exact) mass is 290 g/mol. The van der Waals surface area contributed by atoms with Crippen molar-refractivity contribution in [2.75, 3.05) is 13.1 Å². The van der Waals surface area contributed by atoms with E-state index in [1.54, 1.807) is 6.92 Å². The first kappa shape index (κ1) is 14.4. The number of halogens is 2. The van der Waals surface area contributed by atoms with Crippen molar-refractivity contribution in [3.05, 3.63) is 35.4 Å². The highest BCUT2D eigenvalue weighted by Crippen LogP contribution is 2.19. The molecule has 1 aliphatic rings. The molecule has 0 bridgehead atoms. The molecule has 0 aromatic heterocycles. The van der Waals surface area contributed by atoms with Gasteiger partial charge >= 0.3 is 0 Å². The first-order valence-corrected chi connectivity index (χ1v) is 7.56. The van der Waals surface area contributed by atoms with E-state index in [4.69, 9.17) is 0 Å². The van der Waals surface area contributed by atoms with Crippen LogP contribution < -0.4 is 4.72 Å². The van der Waals surface area contributed by atoms with Gasteiger partial charge in [-0.2, -0.15) is 17.4 Å². The minimum atomic E-state index is -3.56. The van der Waals surface area contributed by atoms with E-state index in [1.807, 2.05) is 0 Å². The van der Waals surface area contributed by atoms with Gasteiger partial charge < -0.3 is 0 Å². The molecule has 106 valence electrons. The van der Waals surface area contributed by atoms with Crippen LogP contribution in [0.15, 0.2) is 18.2 Å². The quantitative estimate of drug-likeness (QED) is 0.921. The zero-order valence-electron chi connectivity index (χ0n) is 10.6. The van der Waals surface area contributed by atoms with E-state index >= 15 is 0 Å². The molecule has 4 nitrogen and oxygen atoms in total. The number of nitrogens with zero attached hydrogens (tertiary/aromatic N) is 1. The van der Waals surface area contributed by atoms with E-state index in [1.165, 1.54) is 10.4 Å². The number of nitrogens with one attached hydrogen (secondary N) is 1. The summed E-state index contributed by atoms with van der Waals surface area (Å²) in [7, 11) is -3.56. The van der Waals surface area contributed by atoms with Crippen molar-refractivity contribution in [2.45, 2.75) is 25.8 Å². The molecule has 1 aromatic rings. The Morgan fingerprint density at radius 3 is 2.42 bits per heavy atom. The molecule has 2 rings (SSSR count). The summed E-state index contributed by atoms with van der Waals surface area (Å²) in [6, 6.07) is 2.76. The average molecular weight is 290 g/mol. The Kier molecular flexibility index (Phi) is 4.17. The van der Waals surface area contributed by atoms with Crippen molar-refractivity contribution < 1.29 is 17.2 Å². The van der Waals surface area contributed by atoms with Gasteiger partial charge in [0.1, 0.15) is 0 Å². The predicted molar refractivity (Wildman–Crippen MR) is 67.6 cm³/mol. The fourth-order valence-corrected chi connectivity index (χ4v) is 3.55. The van der Waals surface area contributed by atoms with Gasteiger partial charge in [-0.15, -0.1) is 0 Å². The maximum atomic E-state index is 13.1. The van der Waals surface area contributed by atoms with Crippen LogP contribution in [0.3, 0.4) is 0 Å². The lowest BCUT2D eigenvalue weighted by molar-refractivity contribution is 0.456. The zero-order valence-corrected chi connectivity index (χ0v) is 11.4. The summed E-state index contributed by atoms with van der Waals surface area (Å²) in [6.07, 6.45) is 1.70. The lowest BCUT2D eigenvalue weighted by Crippen LogP contribution is -2.40. The van der Waals surface area contributed by atoms with Gasteiger partial charge in [0.15, 0.2) is 11.6 Å². The SMILES string of the molecule is CC(NS(=O)(=O)N1CCCC1)c1ccc(F)c(F)c1. The lowest BCUT2D eigenvalue weighted by atomic mass is 10.1. The van der Waals surface area contributed by atoms with Crippen LogP contribution in [0.4, 0.5) is 8.78 Å². The third kappa shape index (κ3) is 3.29. The van der Waals surface area contributed by atoms with Gasteiger partial charge in [-0.3, -0.25) is 0 Å². The molecular formula is C12H16F2N2O2S. The fourth-order valence-electron chi connectivity index (χ4n) is 2.08. The number of hydrogen-bond donors (Lipinski definition) is 1. The second kappa shape index (κ2) is 5.52. The summed E-state index contributed by atoms with van der Waals surface area (Å²) >= 11 is 0. The maximum Gasteiger partial charge on any atom is 0.279 e. The van der Waals surface area contributed by atoms with Crippen molar-refractivity contribution in [3.63, 3.8) is 0 Å². The van der Waals surface area contributed by atoms with Gasteiger partial charge in [-0.1, -0.05) is 6.07 Å². The number of hydrogen-bond acceptors (Lipinski definition) is 2. The molecule has 1 fully saturated rings. The maximum absolute atomic E-state index is 13.1. The van der Waals surface area contributed by atoms with E-state index in [0.717, 1.165) is 25.0 Å². The lowest BCUT2D eigenvalue weighted by Gasteiger charge is -2.20. The van der Waals surface area contributed by atoms with Crippen LogP contribution in [0.2, 0.25) is 0 Å². The summed E-state index contributed by atoms with van der Waals surface area (Å²) in [5.41, 5.74) is 0.390. The van der Waals surface area contributed by atoms with Crippen LogP contribution in [0.1, 0.15) is 31.4 Å². The van der Waals surface area contributed by atoms with Crippen molar-refractivity contribution in [1.82, 2.24) is 9.03 Å². The van der Waals surface area contributed by atoms with E-state index in [0.29, 0.717) is 18.7 Å². The van der Waals surface area contributed by atoms with E-state index in [2.05, 4.69) is 4.72 Å². The van der Waals surface area contributed by atoms with E-state index < -0.39 is 27.9 Å². The molecule has 1 heterocycles. The topological polar surface area (TPSA) is 49.4 Å². The Hall–Kier alpha value is -1.05. The smallest absolute Gasteiger partial charge is 0.204 e. The molecular weight excluding hydrogens is 274 g/mol. The highest BCUT2D eigenvalue weighted by Gasteiger charge is 2.27. The Labute approximate surface area is 111 Å². The summed E-state index contributed by atoms with van der Waals surface area (Å²) in [5, 5.41) is 0. The van der Waals surface area contributed by atoms with Crippen LogP contribution in [0, 0.1) is 11.6 Å². The normalized spacial score (nSPS) is 18.7. The molecule has 0 aliphatic carbocycles. The fraction of sp³-hybridized carbons (Fsp3) is 0.500. The van der Waals surface area contributed by atoms with Crippen LogP contribution in [-0.4, -0.2) is 25.8 Å². The molecule has 19 heavy (non-hydrogen) atoms. The minimum absolute atomic E-state index is 0.390. The number of benzene rings is 1. The van der Waals surface area contributed by atoms with Gasteiger partial charge in [0.2, 0.25) is 0 Å². The molecule has 1 aliphatic heterocycles. The zero-order chi connectivity index (χ0) is 14.0. The molecule has 0 amide bonds. The largest absolute Gasteiger partial charge is 0.279 e. The van der Waals surface area contributed by atoms with Gasteiger partial charge in [-0.25, -0.2) is 8.78 Å². The first-order chi connectivity index (χ1) is 8.90. The molecule has 0 saturated carbocycles. The van der Waals surface area contributed by atoms with Crippen LogP contribution in [-0.2, 0) is 10.2 Å². The Morgan fingerprint density at radius 1 is 1.21 bits per heavy atom. The summed E-state index contributed by atoms with van der Waals surface area (Å²) in [4.78, 5) is 0. The van der Waals surface area contributed by atoms with Crippen molar-refractivity contribution >= 4 is 10.2 Å². The van der Waals surface area contributed by atoms with E-state index in [9.17, 15) is 17.2 Å². The predicted octanol–water partition coefficient (Wildman–Crippen LogP) is 1.96. The molecule has 7 heteroatoms. The second-order valence-corrected chi connectivity index (χ2v) is 6.33. The van der Waals surface area contributed by atoms with Crippen molar-refractivity contribution in [3.8, 4) is 0 Å². The van der Waals surface area contributed by atoms with Crippen molar-refractivity contribution in [2.24, 2.45) is 0 Å². The second-order valence-electron chi connectivity index (χ2n) is 4.62. The third-order valence-electron chi connectivity index (χ3n) is 3.17. The van der Waals surface area contributed by atoms with Crippen molar-refractivity contribution in [1.29, 1.82) is 0 Å². The van der Waals surface area contributed by atoms with Crippen LogP contribution in [0.25, 0.3) is 0 Å². The molecule has 1 saturated heterocycles. The summed E-state index contributed by atoms with van der Waals surface area (Å²) in [5.74, 6) is -1.93. The van der Waals surface area contributed by atoms with E-state index in [-0.39, 0.29) is 0 Å². The molecule has 1 atom stereocenters. The first-order valence-electron chi connectivity index (χ1n) is 6.12. The van der Waals surface area contributed by atoms with Gasteiger partial charge in [-0.05, 0) is 37.5 Å². The Bertz CT molecular complexity index is 557. The number of rotatable bonds is 4. The highest BCUT2D eigenvalue weighted by atomic mass is 32.2. The standard InChI is InChI=1S/C12H16F2N2O2S/c1-9(10-4-5-11(13)12(14)8-10)15-19(17,18)16-6-2-3-7-16/h4-5,8-9,15H,2-3,6-7H2,1H3. The summed E-state index contributed by atoms with van der Waals surface area (Å²) in [6.45, 7) is 2.60. The minimum Gasteiger partial charge on any atom is -0.204 e. The molecule has 1 N–H and O–H groups in total. The molecule has 0 radical (unpaired) electrons. The Balaban J connectivity index is 2.11. The van der Waals surface area contributed by atoms with Crippen LogP contribution in [0.5, 0.6) is 0 Å². The van der Waals surface area contributed by atoms with Gasteiger partial charge in [0, 0.05) is 19.1 Å². The molecule has 1 unspecified atom stereocenters. The van der Waals surface area contributed by atoms with Gasteiger partial charge in [0.25, 0.3) is 10.2 Å². The highest BCUT2D eigenvalue weighted by molar-refractivity contribution is 7.87. The van der Waals surface area contributed by atoms with Gasteiger partial charge in [0.05, 0.1) is 0 Å². The average Bonchev–Trinajstić information content (AvgIpc) is 2.86. The Morgan fingerprint density at radius 2 is 1.84 bits per heavy atom. The molecule has 0 spiro atoms. The summed E-state index contributed by atoms with van der Waals surface area (Å²) < 4.78 is 53.8. The molecule has 1 aromatic carbocycles. The third-order valence-corrected chi connectivity index (χ3v) is 4.87.